The number of hydrogen-bond acceptors (Lipinski definition) is 1. The molecule has 2 bridgehead atoms. The average molecular weight is 822 g/mol. The van der Waals surface area contributed by atoms with E-state index >= 15 is 0 Å². The Balaban J connectivity index is 1.01. The van der Waals surface area contributed by atoms with Crippen LogP contribution in [0.1, 0.15) is 65.0 Å². The second kappa shape index (κ2) is 15.8. The highest BCUT2D eigenvalue weighted by Crippen LogP contribution is 2.58. The number of aryl methyl sites for hydroxylation is 1. The molecule has 0 spiro atoms. The minimum absolute atomic E-state index is 0.490. The van der Waals surface area contributed by atoms with Crippen molar-refractivity contribution in [3.05, 3.63) is 258 Å². The van der Waals surface area contributed by atoms with Gasteiger partial charge in [-0.15, -0.1) is 0 Å². The first-order chi connectivity index (χ1) is 31.6. The zero-order chi connectivity index (χ0) is 42.6. The minimum atomic E-state index is -0.490. The third-order valence-electron chi connectivity index (χ3n) is 15.0. The van der Waals surface area contributed by atoms with Crippen LogP contribution in [0.25, 0.3) is 44.5 Å². The Kier molecular flexibility index (Phi) is 9.52. The zero-order valence-corrected chi connectivity index (χ0v) is 36.4. The third kappa shape index (κ3) is 6.28. The van der Waals surface area contributed by atoms with Gasteiger partial charge in [-0.05, 0) is 158 Å². The summed E-state index contributed by atoms with van der Waals surface area (Å²) < 4.78 is 0. The molecule has 0 aromatic heterocycles. The maximum atomic E-state index is 2.50. The van der Waals surface area contributed by atoms with Crippen molar-refractivity contribution in [1.82, 2.24) is 0 Å². The first-order valence-corrected chi connectivity index (χ1v) is 23.3. The van der Waals surface area contributed by atoms with E-state index in [2.05, 4.69) is 236 Å². The van der Waals surface area contributed by atoms with E-state index in [0.29, 0.717) is 5.92 Å². The Morgan fingerprint density at radius 3 is 1.52 bits per heavy atom. The molecule has 12 rings (SSSR count). The molecule has 2 saturated carbocycles. The van der Waals surface area contributed by atoms with Gasteiger partial charge in [0, 0.05) is 17.1 Å². The maximum Gasteiger partial charge on any atom is 0.0714 e. The molecule has 3 atom stereocenters. The summed E-state index contributed by atoms with van der Waals surface area (Å²) in [6.07, 6.45) is 5.56. The van der Waals surface area contributed by atoms with Gasteiger partial charge in [-0.1, -0.05) is 194 Å². The number of anilines is 3. The number of nitrogens with zero attached hydrogens (tertiary/aromatic N) is 1. The van der Waals surface area contributed by atoms with Gasteiger partial charge >= 0.3 is 0 Å². The lowest BCUT2D eigenvalue weighted by atomic mass is 9.67. The number of rotatable bonds is 9. The number of fused-ring (bicyclic) bond motifs is 5. The van der Waals surface area contributed by atoms with Gasteiger partial charge in [0.1, 0.15) is 0 Å². The topological polar surface area (TPSA) is 3.24 Å². The summed E-state index contributed by atoms with van der Waals surface area (Å²) in [5, 5.41) is 0. The van der Waals surface area contributed by atoms with Crippen LogP contribution < -0.4 is 4.90 Å². The van der Waals surface area contributed by atoms with E-state index in [4.69, 9.17) is 0 Å². The lowest BCUT2D eigenvalue weighted by molar-refractivity contribution is 0.420. The molecule has 3 aliphatic carbocycles. The molecule has 0 aliphatic heterocycles. The Hall–Kier alpha value is -7.22. The van der Waals surface area contributed by atoms with E-state index in [9.17, 15) is 0 Å². The second-order valence-corrected chi connectivity index (χ2v) is 18.4. The molecule has 0 amide bonds. The van der Waals surface area contributed by atoms with E-state index in [-0.39, 0.29) is 0 Å². The largest absolute Gasteiger partial charge is 0.310 e. The molecule has 3 unspecified atom stereocenters. The van der Waals surface area contributed by atoms with Crippen LogP contribution in [0.4, 0.5) is 17.1 Å². The Bertz CT molecular complexity index is 3070. The SMILES string of the molecule is Cc1cccc2c1-c1ccc(N(c3ccc(-c4ccccc4-c4ccccc4-c4ccccc4)cc3)c3ccc(C4CC5CCC4C5)cc3)cc1C2(c1ccccc1)c1ccccc1. The monoisotopic (exact) mass is 821 g/mol. The highest BCUT2D eigenvalue weighted by Gasteiger charge is 2.47. The zero-order valence-electron chi connectivity index (χ0n) is 36.4. The van der Waals surface area contributed by atoms with Crippen LogP contribution in [-0.4, -0.2) is 0 Å². The average Bonchev–Trinajstić information content (AvgIpc) is 4.09. The van der Waals surface area contributed by atoms with Crippen LogP contribution in [0.5, 0.6) is 0 Å². The van der Waals surface area contributed by atoms with E-state index < -0.39 is 5.41 Å². The molecule has 64 heavy (non-hydrogen) atoms. The normalized spacial score (nSPS) is 17.8. The highest BCUT2D eigenvalue weighted by molar-refractivity contribution is 5.93. The lowest BCUT2D eigenvalue weighted by Gasteiger charge is -2.35. The molecule has 9 aromatic rings. The maximum absolute atomic E-state index is 2.50. The summed E-state index contributed by atoms with van der Waals surface area (Å²) in [5.74, 6) is 2.44. The highest BCUT2D eigenvalue weighted by atomic mass is 15.1. The fourth-order valence-electron chi connectivity index (χ4n) is 12.2. The van der Waals surface area contributed by atoms with Crippen molar-refractivity contribution in [2.75, 3.05) is 4.90 Å². The fraction of sp³-hybridized carbons (Fsp3) is 0.143. The van der Waals surface area contributed by atoms with E-state index in [0.717, 1.165) is 23.2 Å². The second-order valence-electron chi connectivity index (χ2n) is 18.4. The van der Waals surface area contributed by atoms with Gasteiger partial charge in [0.25, 0.3) is 0 Å². The summed E-state index contributed by atoms with van der Waals surface area (Å²) in [7, 11) is 0. The Morgan fingerprint density at radius 2 is 0.938 bits per heavy atom. The molecule has 0 N–H and O–H groups in total. The van der Waals surface area contributed by atoms with Gasteiger partial charge in [-0.3, -0.25) is 0 Å². The quantitative estimate of drug-likeness (QED) is 0.140. The lowest BCUT2D eigenvalue weighted by Crippen LogP contribution is -2.28. The van der Waals surface area contributed by atoms with Crippen molar-refractivity contribution in [2.45, 2.75) is 43.9 Å². The third-order valence-corrected chi connectivity index (χ3v) is 15.0. The first-order valence-electron chi connectivity index (χ1n) is 23.3. The summed E-state index contributed by atoms with van der Waals surface area (Å²) >= 11 is 0. The molecule has 0 heterocycles. The Labute approximate surface area is 378 Å². The van der Waals surface area contributed by atoms with E-state index in [1.807, 2.05) is 0 Å². The van der Waals surface area contributed by atoms with Gasteiger partial charge in [0.05, 0.1) is 5.41 Å². The molecule has 2 fully saturated rings. The summed E-state index contributed by atoms with van der Waals surface area (Å²) in [4.78, 5) is 2.49. The molecule has 3 aliphatic rings. The van der Waals surface area contributed by atoms with Gasteiger partial charge < -0.3 is 4.90 Å². The predicted octanol–water partition coefficient (Wildman–Crippen LogP) is 16.7. The summed E-state index contributed by atoms with van der Waals surface area (Å²) in [6, 6.07) is 83.8. The number of benzene rings is 9. The first kappa shape index (κ1) is 38.5. The van der Waals surface area contributed by atoms with Crippen LogP contribution in [0.2, 0.25) is 0 Å². The van der Waals surface area contributed by atoms with E-state index in [1.54, 1.807) is 0 Å². The van der Waals surface area contributed by atoms with Crippen molar-refractivity contribution in [2.24, 2.45) is 11.8 Å². The Morgan fingerprint density at radius 1 is 0.406 bits per heavy atom. The summed E-state index contributed by atoms with van der Waals surface area (Å²) in [6.45, 7) is 2.27. The van der Waals surface area contributed by atoms with Crippen molar-refractivity contribution >= 4 is 17.1 Å². The molecule has 9 aromatic carbocycles. The van der Waals surface area contributed by atoms with Crippen molar-refractivity contribution in [3.8, 4) is 44.5 Å². The van der Waals surface area contributed by atoms with Crippen molar-refractivity contribution < 1.29 is 0 Å². The molecular formula is C63H51N. The van der Waals surface area contributed by atoms with Gasteiger partial charge in [0.2, 0.25) is 0 Å². The van der Waals surface area contributed by atoms with Crippen LogP contribution in [0.3, 0.4) is 0 Å². The molecule has 1 nitrogen and oxygen atoms in total. The minimum Gasteiger partial charge on any atom is -0.310 e. The smallest absolute Gasteiger partial charge is 0.0714 e. The van der Waals surface area contributed by atoms with Gasteiger partial charge in [-0.2, -0.15) is 0 Å². The number of hydrogen-bond donors (Lipinski definition) is 0. The van der Waals surface area contributed by atoms with E-state index in [1.165, 1.54) is 109 Å². The standard InChI is InChI=1S/C63H51N/c1-43-16-15-27-60-62(43)58-39-38-53(42-61(58)63(60,49-19-7-3-8-20-49)50-21-9-4-10-22-50)64(52-36-32-47(33-37-52)59-41-44-28-29-48(59)40-44)51-34-30-46(31-35-51)55-24-12-14-26-57(55)56-25-13-11-23-54(56)45-17-5-2-6-18-45/h2-27,30-39,42,44,48,59H,28-29,40-41H2,1H3. The summed E-state index contributed by atoms with van der Waals surface area (Å²) in [5.41, 5.74) is 21.0. The van der Waals surface area contributed by atoms with Crippen LogP contribution >= 0.6 is 0 Å². The van der Waals surface area contributed by atoms with Crippen molar-refractivity contribution in [3.63, 3.8) is 0 Å². The van der Waals surface area contributed by atoms with Crippen LogP contribution in [0.15, 0.2) is 224 Å². The van der Waals surface area contributed by atoms with Crippen molar-refractivity contribution in [1.29, 1.82) is 0 Å². The molecular weight excluding hydrogens is 771 g/mol. The predicted molar refractivity (Wildman–Crippen MR) is 268 cm³/mol. The van der Waals surface area contributed by atoms with Gasteiger partial charge in [0.15, 0.2) is 0 Å². The molecule has 0 saturated heterocycles. The fourth-order valence-corrected chi connectivity index (χ4v) is 12.2. The van der Waals surface area contributed by atoms with Crippen LogP contribution in [0, 0.1) is 18.8 Å². The van der Waals surface area contributed by atoms with Crippen LogP contribution in [-0.2, 0) is 5.41 Å². The molecule has 0 radical (unpaired) electrons. The molecule has 1 heteroatoms. The molecule has 308 valence electrons. The van der Waals surface area contributed by atoms with Gasteiger partial charge in [-0.25, -0.2) is 0 Å².